The van der Waals surface area contributed by atoms with Crippen molar-refractivity contribution >= 4 is 44.4 Å². The molecule has 1 fully saturated rings. The second-order valence-electron chi connectivity index (χ2n) is 6.06. The number of fused-ring (bicyclic) bond motifs is 3. The second-order valence-corrected chi connectivity index (χ2v) is 8.20. The van der Waals surface area contributed by atoms with Gasteiger partial charge in [-0.2, -0.15) is 11.8 Å². The minimum absolute atomic E-state index is 0.314. The number of aliphatic hydroxyl groups is 1. The topological polar surface area (TPSA) is 62.2 Å². The van der Waals surface area contributed by atoms with Crippen LogP contribution in [-0.4, -0.2) is 33.1 Å². The molecule has 2 aliphatic rings. The van der Waals surface area contributed by atoms with Crippen LogP contribution in [0.2, 0.25) is 0 Å². The minimum atomic E-state index is -1.23. The number of aryl methyl sites for hydroxylation is 2. The number of hydrogen-bond acceptors (Lipinski definition) is 5. The maximum atomic E-state index is 12.3. The van der Waals surface area contributed by atoms with E-state index in [0.29, 0.717) is 17.3 Å². The van der Waals surface area contributed by atoms with E-state index < -0.39 is 5.60 Å². The first-order valence-electron chi connectivity index (χ1n) is 7.69. The molecule has 1 atom stereocenters. The smallest absolute Gasteiger partial charge is 0.259 e. The largest absolute Gasteiger partial charge is 0.379 e. The molecule has 1 aliphatic carbocycles. The lowest BCUT2D eigenvalue weighted by atomic mass is 9.91. The van der Waals surface area contributed by atoms with E-state index in [0.717, 1.165) is 28.8 Å². The molecule has 2 aromatic rings. The molecule has 0 saturated carbocycles. The summed E-state index contributed by atoms with van der Waals surface area (Å²) in [6, 6.07) is 4.30. The van der Waals surface area contributed by atoms with Crippen LogP contribution < -0.4 is 5.32 Å². The van der Waals surface area contributed by atoms with Crippen LogP contribution in [0.25, 0.3) is 10.2 Å². The lowest BCUT2D eigenvalue weighted by molar-refractivity contribution is -0.131. The van der Waals surface area contributed by atoms with Gasteiger partial charge in [-0.1, -0.05) is 17.4 Å². The lowest BCUT2D eigenvalue weighted by Crippen LogP contribution is -2.42. The molecule has 4 rings (SSSR count). The Balaban J connectivity index is 1.64. The highest BCUT2D eigenvalue weighted by molar-refractivity contribution is 7.99. The van der Waals surface area contributed by atoms with Gasteiger partial charge in [-0.25, -0.2) is 4.98 Å². The summed E-state index contributed by atoms with van der Waals surface area (Å²) in [7, 11) is 0. The van der Waals surface area contributed by atoms with Crippen molar-refractivity contribution in [3.05, 3.63) is 23.3 Å². The molecule has 4 nitrogen and oxygen atoms in total. The zero-order valence-electron chi connectivity index (χ0n) is 12.2. The zero-order valence-corrected chi connectivity index (χ0v) is 13.9. The molecule has 0 radical (unpaired) electrons. The molecule has 6 heteroatoms. The van der Waals surface area contributed by atoms with Gasteiger partial charge in [0, 0.05) is 5.75 Å². The number of carbonyl (C=O) groups excluding carboxylic acids is 1. The fraction of sp³-hybridized carbons (Fsp3) is 0.500. The number of thioether (sulfide) groups is 1. The Morgan fingerprint density at radius 1 is 1.32 bits per heavy atom. The molecule has 1 aliphatic heterocycles. The van der Waals surface area contributed by atoms with Gasteiger partial charge in [0.1, 0.15) is 0 Å². The molecule has 2 heterocycles. The number of benzene rings is 1. The summed E-state index contributed by atoms with van der Waals surface area (Å²) in [5.74, 6) is 0.988. The molecule has 1 amide bonds. The van der Waals surface area contributed by atoms with E-state index in [2.05, 4.69) is 22.4 Å². The van der Waals surface area contributed by atoms with E-state index >= 15 is 0 Å². The van der Waals surface area contributed by atoms with Crippen molar-refractivity contribution in [3.63, 3.8) is 0 Å². The Kier molecular flexibility index (Phi) is 3.63. The highest BCUT2D eigenvalue weighted by Crippen LogP contribution is 2.35. The molecule has 2 N–H and O–H groups in total. The van der Waals surface area contributed by atoms with Crippen LogP contribution in [0.5, 0.6) is 0 Å². The van der Waals surface area contributed by atoms with Crippen LogP contribution in [0.3, 0.4) is 0 Å². The third-order valence-corrected chi connectivity index (χ3v) is 6.64. The number of nitrogens with zero attached hydrogens (tertiary/aromatic N) is 1. The molecule has 1 aromatic carbocycles. The van der Waals surface area contributed by atoms with Crippen molar-refractivity contribution in [2.24, 2.45) is 0 Å². The maximum absolute atomic E-state index is 12.3. The van der Waals surface area contributed by atoms with Crippen molar-refractivity contribution < 1.29 is 9.90 Å². The molecular formula is C16H18N2O2S2. The Hall–Kier alpha value is -1.11. The van der Waals surface area contributed by atoms with Gasteiger partial charge in [0.25, 0.3) is 5.91 Å². The summed E-state index contributed by atoms with van der Waals surface area (Å²) in [6.07, 6.45) is 5.18. The number of thiazole rings is 1. The van der Waals surface area contributed by atoms with Crippen LogP contribution in [0.1, 0.15) is 30.4 Å². The number of anilines is 1. The molecule has 1 unspecified atom stereocenters. The summed E-state index contributed by atoms with van der Waals surface area (Å²) in [6.45, 7) is 0. The van der Waals surface area contributed by atoms with E-state index in [4.69, 9.17) is 0 Å². The third kappa shape index (κ3) is 2.43. The zero-order chi connectivity index (χ0) is 15.2. The summed E-state index contributed by atoms with van der Waals surface area (Å²) >= 11 is 3.11. The van der Waals surface area contributed by atoms with E-state index in [9.17, 15) is 9.90 Å². The van der Waals surface area contributed by atoms with Crippen LogP contribution >= 0.6 is 23.1 Å². The quantitative estimate of drug-likeness (QED) is 0.886. The first-order valence-corrected chi connectivity index (χ1v) is 9.66. The SMILES string of the molecule is O=C(Nc1nc2c3c(ccc2s1)CCCC3)C1(O)CCSC1. The van der Waals surface area contributed by atoms with E-state index in [1.54, 1.807) is 11.8 Å². The number of amides is 1. The summed E-state index contributed by atoms with van der Waals surface area (Å²) in [5, 5.41) is 13.8. The Bertz CT molecular complexity index is 735. The fourth-order valence-electron chi connectivity index (χ4n) is 3.22. The van der Waals surface area contributed by atoms with Gasteiger partial charge < -0.3 is 5.11 Å². The van der Waals surface area contributed by atoms with Crippen molar-refractivity contribution in [1.29, 1.82) is 0 Å². The van der Waals surface area contributed by atoms with Crippen LogP contribution in [0.15, 0.2) is 12.1 Å². The number of aromatic nitrogens is 1. The average Bonchev–Trinajstić information content (AvgIpc) is 3.14. The number of nitrogens with one attached hydrogen (secondary N) is 1. The standard InChI is InChI=1S/C16H18N2O2S2/c19-14(16(20)7-8-21-9-16)18-15-17-13-11-4-2-1-3-10(11)5-6-12(13)22-15/h5-6,20H,1-4,7-9H2,(H,17,18,19). The fourth-order valence-corrected chi connectivity index (χ4v) is 5.35. The second kappa shape index (κ2) is 5.51. The van der Waals surface area contributed by atoms with Crippen LogP contribution in [-0.2, 0) is 17.6 Å². The first kappa shape index (κ1) is 14.5. The Morgan fingerprint density at radius 3 is 3.00 bits per heavy atom. The maximum Gasteiger partial charge on any atom is 0.259 e. The van der Waals surface area contributed by atoms with Crippen molar-refractivity contribution in [1.82, 2.24) is 4.98 Å². The molecule has 116 valence electrons. The van der Waals surface area contributed by atoms with Crippen molar-refractivity contribution in [2.75, 3.05) is 16.8 Å². The Labute approximate surface area is 137 Å². The lowest BCUT2D eigenvalue weighted by Gasteiger charge is -2.18. The minimum Gasteiger partial charge on any atom is -0.379 e. The van der Waals surface area contributed by atoms with Crippen LogP contribution in [0.4, 0.5) is 5.13 Å². The van der Waals surface area contributed by atoms with E-state index in [1.165, 1.54) is 35.3 Å². The number of hydrogen-bond donors (Lipinski definition) is 2. The monoisotopic (exact) mass is 334 g/mol. The Morgan fingerprint density at radius 2 is 2.18 bits per heavy atom. The van der Waals surface area contributed by atoms with E-state index in [1.807, 2.05) is 0 Å². The summed E-state index contributed by atoms with van der Waals surface area (Å²) < 4.78 is 1.11. The van der Waals surface area contributed by atoms with Crippen LogP contribution in [0, 0.1) is 0 Å². The van der Waals surface area contributed by atoms with Crippen molar-refractivity contribution in [3.8, 4) is 0 Å². The molecule has 0 spiro atoms. The first-order chi connectivity index (χ1) is 10.7. The van der Waals surface area contributed by atoms with Gasteiger partial charge in [-0.15, -0.1) is 0 Å². The summed E-state index contributed by atoms with van der Waals surface area (Å²) in [4.78, 5) is 16.9. The van der Waals surface area contributed by atoms with Gasteiger partial charge in [0.2, 0.25) is 0 Å². The molecule has 1 saturated heterocycles. The summed E-state index contributed by atoms with van der Waals surface area (Å²) in [5.41, 5.74) is 2.54. The molecule has 22 heavy (non-hydrogen) atoms. The van der Waals surface area contributed by atoms with Gasteiger partial charge in [0.15, 0.2) is 10.7 Å². The van der Waals surface area contributed by atoms with Gasteiger partial charge in [0.05, 0.1) is 10.2 Å². The number of rotatable bonds is 2. The van der Waals surface area contributed by atoms with Crippen molar-refractivity contribution in [2.45, 2.75) is 37.7 Å². The predicted molar refractivity (Wildman–Crippen MR) is 91.8 cm³/mol. The van der Waals surface area contributed by atoms with Gasteiger partial charge in [-0.3, -0.25) is 10.1 Å². The molecule has 1 aromatic heterocycles. The highest BCUT2D eigenvalue weighted by Gasteiger charge is 2.39. The third-order valence-electron chi connectivity index (χ3n) is 4.53. The average molecular weight is 334 g/mol. The van der Waals surface area contributed by atoms with E-state index in [-0.39, 0.29) is 5.91 Å². The predicted octanol–water partition coefficient (Wildman–Crippen LogP) is 2.98. The normalized spacial score (nSPS) is 24.4. The van der Waals surface area contributed by atoms with Gasteiger partial charge in [-0.05, 0) is 55.1 Å². The molecular weight excluding hydrogens is 316 g/mol. The molecule has 0 bridgehead atoms. The van der Waals surface area contributed by atoms with Gasteiger partial charge >= 0.3 is 0 Å². The number of carbonyl (C=O) groups is 1. The highest BCUT2D eigenvalue weighted by atomic mass is 32.2.